The first-order chi connectivity index (χ1) is 27.3. The Balaban J connectivity index is 0.767. The van der Waals surface area contributed by atoms with E-state index in [0.717, 1.165) is 80.1 Å². The second kappa shape index (κ2) is 14.7. The zero-order chi connectivity index (χ0) is 38.3. The number of amides is 4. The minimum Gasteiger partial charge on any atom is -0.484 e. The van der Waals surface area contributed by atoms with Gasteiger partial charge < -0.3 is 25.2 Å². The van der Waals surface area contributed by atoms with Crippen molar-refractivity contribution in [1.29, 1.82) is 0 Å². The van der Waals surface area contributed by atoms with Crippen LogP contribution in [-0.4, -0.2) is 115 Å². The van der Waals surface area contributed by atoms with Gasteiger partial charge in [-0.25, -0.2) is 4.98 Å². The molecule has 4 aliphatic rings. The zero-order valence-electron chi connectivity index (χ0n) is 31.0. The second-order valence-electron chi connectivity index (χ2n) is 14.8. The molecule has 0 bridgehead atoms. The van der Waals surface area contributed by atoms with Crippen molar-refractivity contribution in [3.8, 4) is 17.0 Å². The number of ether oxygens (including phenoxy) is 1. The number of carbonyl (C=O) groups excluding carboxylic acids is 4. The Kier molecular flexibility index (Phi) is 9.28. The minimum absolute atomic E-state index is 0.119. The molecule has 3 aromatic heterocycles. The van der Waals surface area contributed by atoms with E-state index >= 15 is 0 Å². The van der Waals surface area contributed by atoms with E-state index in [2.05, 4.69) is 46.0 Å². The number of anilines is 3. The van der Waals surface area contributed by atoms with E-state index < -0.39 is 11.9 Å². The predicted molar refractivity (Wildman–Crippen MR) is 205 cm³/mol. The first-order valence-corrected chi connectivity index (χ1v) is 19.1. The maximum atomic E-state index is 13.1. The van der Waals surface area contributed by atoms with Crippen LogP contribution in [-0.2, 0) is 16.1 Å². The van der Waals surface area contributed by atoms with Crippen LogP contribution < -0.4 is 25.6 Å². The smallest absolute Gasteiger partial charge is 0.255 e. The Morgan fingerprint density at radius 2 is 1.89 bits per heavy atom. The number of aryl methyl sites for hydroxylation is 1. The number of nitrogens with one attached hydrogen (secondary N) is 4. The molecule has 17 nitrogen and oxygen atoms in total. The van der Waals surface area contributed by atoms with E-state index in [4.69, 9.17) is 9.72 Å². The van der Waals surface area contributed by atoms with Gasteiger partial charge in [-0.3, -0.25) is 34.5 Å². The Labute approximate surface area is 321 Å². The van der Waals surface area contributed by atoms with E-state index in [9.17, 15) is 19.2 Å². The summed E-state index contributed by atoms with van der Waals surface area (Å²) in [5.74, 6) is -0.0483. The molecule has 2 aromatic carbocycles. The normalized spacial score (nSPS) is 18.9. The molecule has 0 radical (unpaired) electrons. The summed E-state index contributed by atoms with van der Waals surface area (Å²) in [5, 5.41) is 20.2. The topological polar surface area (TPSA) is 195 Å². The van der Waals surface area contributed by atoms with Crippen LogP contribution in [0.15, 0.2) is 55.1 Å². The van der Waals surface area contributed by atoms with Gasteiger partial charge in [-0.05, 0) is 80.1 Å². The Hall–Kier alpha value is -6.36. The molecule has 1 saturated carbocycles. The van der Waals surface area contributed by atoms with Crippen LogP contribution in [0.1, 0.15) is 63.9 Å². The average Bonchev–Trinajstić information content (AvgIpc) is 3.93. The van der Waals surface area contributed by atoms with Gasteiger partial charge in [-0.1, -0.05) is 0 Å². The lowest BCUT2D eigenvalue weighted by Gasteiger charge is -2.36. The average molecular weight is 759 g/mol. The van der Waals surface area contributed by atoms with Crippen molar-refractivity contribution in [2.75, 3.05) is 49.5 Å². The molecular weight excluding hydrogens is 717 g/mol. The first-order valence-electron chi connectivity index (χ1n) is 19.1. The van der Waals surface area contributed by atoms with Crippen molar-refractivity contribution in [1.82, 2.24) is 50.2 Å². The zero-order valence-corrected chi connectivity index (χ0v) is 31.0. The van der Waals surface area contributed by atoms with E-state index in [1.165, 1.54) is 0 Å². The number of aromatic amines is 1. The largest absolute Gasteiger partial charge is 0.484 e. The van der Waals surface area contributed by atoms with Crippen molar-refractivity contribution < 1.29 is 23.9 Å². The lowest BCUT2D eigenvalue weighted by molar-refractivity contribution is -0.136. The quantitative estimate of drug-likeness (QED) is 0.144. The van der Waals surface area contributed by atoms with Gasteiger partial charge in [0.1, 0.15) is 18.1 Å². The molecule has 3 fully saturated rings. The van der Waals surface area contributed by atoms with Crippen LogP contribution in [0.5, 0.6) is 5.75 Å². The summed E-state index contributed by atoms with van der Waals surface area (Å²) in [6.07, 6.45) is 8.90. The van der Waals surface area contributed by atoms with Crippen LogP contribution in [0.2, 0.25) is 0 Å². The van der Waals surface area contributed by atoms with Gasteiger partial charge in [0.25, 0.3) is 11.8 Å². The first kappa shape index (κ1) is 35.3. The molecule has 2 saturated heterocycles. The summed E-state index contributed by atoms with van der Waals surface area (Å²) in [4.78, 5) is 65.8. The molecule has 1 atom stereocenters. The number of piperidine rings is 1. The number of fused-ring (bicyclic) bond motifs is 2. The van der Waals surface area contributed by atoms with E-state index in [-0.39, 0.29) is 30.2 Å². The summed E-state index contributed by atoms with van der Waals surface area (Å²) in [5.41, 5.74) is 6.79. The fraction of sp³-hybridized carbons (Fsp3) is 0.385. The highest BCUT2D eigenvalue weighted by Gasteiger charge is 2.39. The molecule has 56 heavy (non-hydrogen) atoms. The highest BCUT2D eigenvalue weighted by molar-refractivity contribution is 6.05. The number of hydrogen-bond acceptors (Lipinski definition) is 12. The summed E-state index contributed by atoms with van der Waals surface area (Å²) in [6.45, 7) is 6.81. The van der Waals surface area contributed by atoms with Gasteiger partial charge >= 0.3 is 0 Å². The van der Waals surface area contributed by atoms with Gasteiger partial charge in [-0.15, -0.1) is 5.10 Å². The summed E-state index contributed by atoms with van der Waals surface area (Å²) >= 11 is 0. The van der Waals surface area contributed by atoms with Gasteiger partial charge in [0, 0.05) is 86.5 Å². The molecular formula is C39H42N12O5. The van der Waals surface area contributed by atoms with E-state index in [1.807, 2.05) is 37.3 Å². The molecule has 6 heterocycles. The molecule has 1 unspecified atom stereocenters. The third-order valence-corrected chi connectivity index (χ3v) is 11.1. The number of benzene rings is 2. The maximum absolute atomic E-state index is 13.1. The van der Waals surface area contributed by atoms with Gasteiger partial charge in [-0.2, -0.15) is 14.6 Å². The van der Waals surface area contributed by atoms with Gasteiger partial charge in [0.05, 0.1) is 12.3 Å². The van der Waals surface area contributed by atoms with Crippen LogP contribution in [0, 0.1) is 6.92 Å². The fourth-order valence-electron chi connectivity index (χ4n) is 7.72. The van der Waals surface area contributed by atoms with Gasteiger partial charge in [0.2, 0.25) is 23.4 Å². The SMILES string of the molecule is Cc1cc(C(=O)NCCN2CCN(c3ccc4c(c3)CN(C3CCC(=O)NC3=O)C4=O)CC2)ccc1Nc1nc2c(OC3CCC3)c(-c3cn[nH]c3)ncn2n1. The number of H-pyrrole nitrogens is 1. The monoisotopic (exact) mass is 758 g/mol. The van der Waals surface area contributed by atoms with Crippen LogP contribution in [0.3, 0.4) is 0 Å². The Morgan fingerprint density at radius 3 is 2.64 bits per heavy atom. The summed E-state index contributed by atoms with van der Waals surface area (Å²) in [7, 11) is 0. The Bertz CT molecular complexity index is 2330. The number of nitrogens with zero attached hydrogens (tertiary/aromatic N) is 8. The molecule has 4 N–H and O–H groups in total. The van der Waals surface area contributed by atoms with Gasteiger partial charge in [0.15, 0.2) is 5.75 Å². The lowest BCUT2D eigenvalue weighted by atomic mass is 9.96. The second-order valence-corrected chi connectivity index (χ2v) is 14.8. The minimum atomic E-state index is -0.625. The van der Waals surface area contributed by atoms with Crippen LogP contribution in [0.25, 0.3) is 16.9 Å². The van der Waals surface area contributed by atoms with E-state index in [0.29, 0.717) is 53.7 Å². The fourth-order valence-corrected chi connectivity index (χ4v) is 7.72. The number of piperazine rings is 1. The number of carbonyl (C=O) groups is 4. The van der Waals surface area contributed by atoms with Crippen molar-refractivity contribution in [2.24, 2.45) is 0 Å². The predicted octanol–water partition coefficient (Wildman–Crippen LogP) is 2.81. The number of aromatic nitrogens is 6. The Morgan fingerprint density at radius 1 is 1.04 bits per heavy atom. The lowest BCUT2D eigenvalue weighted by Crippen LogP contribution is -2.52. The molecule has 9 rings (SSSR count). The molecule has 3 aliphatic heterocycles. The molecule has 288 valence electrons. The molecule has 4 amide bonds. The van der Waals surface area contributed by atoms with Crippen molar-refractivity contribution in [2.45, 2.75) is 57.7 Å². The number of imide groups is 1. The third-order valence-electron chi connectivity index (χ3n) is 11.1. The molecule has 1 aliphatic carbocycles. The highest BCUT2D eigenvalue weighted by Crippen LogP contribution is 2.36. The number of hydrogen-bond donors (Lipinski definition) is 4. The van der Waals surface area contributed by atoms with Crippen LogP contribution >= 0.6 is 0 Å². The molecule has 0 spiro atoms. The maximum Gasteiger partial charge on any atom is 0.255 e. The summed E-state index contributed by atoms with van der Waals surface area (Å²) in [6, 6.07) is 10.7. The third kappa shape index (κ3) is 6.89. The molecule has 5 aromatic rings. The standard InChI is InChI=1S/C39H42N12O5/c1-23-17-24(5-8-30(23)44-39-46-35-34(56-28-3-2-4-28)33(26-19-42-43-20-26)41-22-51(35)47-39)36(53)40-11-12-48-13-15-49(16-14-48)27-6-7-29-25(18-27)21-50(38(29)55)31-9-10-32(52)45-37(31)54/h5-8,17-20,22,28,31H,2-4,9-16,21H2,1H3,(H,40,53)(H,42,43)(H,44,47)(H,45,52,54). The van der Waals surface area contributed by atoms with Crippen molar-refractivity contribution >= 4 is 46.6 Å². The van der Waals surface area contributed by atoms with Crippen LogP contribution in [0.4, 0.5) is 17.3 Å². The number of rotatable bonds is 11. The summed E-state index contributed by atoms with van der Waals surface area (Å²) < 4.78 is 7.95. The van der Waals surface area contributed by atoms with Crippen molar-refractivity contribution in [3.05, 3.63) is 77.4 Å². The van der Waals surface area contributed by atoms with Crippen molar-refractivity contribution in [3.63, 3.8) is 0 Å². The molecule has 17 heteroatoms. The highest BCUT2D eigenvalue weighted by atomic mass is 16.5. The van der Waals surface area contributed by atoms with E-state index in [1.54, 1.807) is 34.2 Å².